The van der Waals surface area contributed by atoms with E-state index >= 15 is 0 Å². The zero-order valence-corrected chi connectivity index (χ0v) is 13.8. The van der Waals surface area contributed by atoms with Gasteiger partial charge in [-0.3, -0.25) is 9.59 Å². The van der Waals surface area contributed by atoms with E-state index in [1.54, 1.807) is 17.2 Å². The van der Waals surface area contributed by atoms with Gasteiger partial charge >= 0.3 is 0 Å². The lowest BCUT2D eigenvalue weighted by Crippen LogP contribution is -2.37. The van der Waals surface area contributed by atoms with E-state index in [9.17, 15) is 9.59 Å². The zero-order chi connectivity index (χ0) is 16.5. The van der Waals surface area contributed by atoms with Gasteiger partial charge in [-0.2, -0.15) is 0 Å². The lowest BCUT2D eigenvalue weighted by atomic mass is 10.0. The van der Waals surface area contributed by atoms with Crippen molar-refractivity contribution in [2.24, 2.45) is 5.92 Å². The van der Waals surface area contributed by atoms with Crippen LogP contribution in [0.25, 0.3) is 0 Å². The summed E-state index contributed by atoms with van der Waals surface area (Å²) in [6.45, 7) is 1.33. The van der Waals surface area contributed by atoms with Gasteiger partial charge in [0.15, 0.2) is 0 Å². The molecule has 126 valence electrons. The lowest BCUT2D eigenvalue weighted by molar-refractivity contribution is -0.127. The van der Waals surface area contributed by atoms with Gasteiger partial charge in [0, 0.05) is 13.2 Å². The maximum atomic E-state index is 12.7. The number of carbonyl (C=O) groups excluding carboxylic acids is 2. The summed E-state index contributed by atoms with van der Waals surface area (Å²) in [5.74, 6) is 0.268. The number of hydrogen-bond acceptors (Lipinski definition) is 5. The Bertz CT molecular complexity index is 713. The number of nitrogens with one attached hydrogen (secondary N) is 1. The number of likely N-dealkylation sites (tertiary alicyclic amines) is 1. The van der Waals surface area contributed by atoms with Gasteiger partial charge in [0.1, 0.15) is 5.76 Å². The number of hydrogen-bond donors (Lipinski definition) is 1. The van der Waals surface area contributed by atoms with E-state index in [0.29, 0.717) is 30.3 Å². The number of rotatable bonds is 4. The van der Waals surface area contributed by atoms with Gasteiger partial charge in [-0.05, 0) is 30.0 Å². The predicted octanol–water partition coefficient (Wildman–Crippen LogP) is 1.89. The van der Waals surface area contributed by atoms with E-state index in [-0.39, 0.29) is 29.9 Å². The summed E-state index contributed by atoms with van der Waals surface area (Å²) in [6, 6.07) is 7.27. The average Bonchev–Trinajstić information content (AvgIpc) is 3.37. The third-order valence-corrected chi connectivity index (χ3v) is 5.50. The van der Waals surface area contributed by atoms with Crippen LogP contribution >= 0.6 is 11.3 Å². The molecule has 2 aromatic rings. The monoisotopic (exact) mass is 346 g/mol. The van der Waals surface area contributed by atoms with E-state index in [4.69, 9.17) is 9.15 Å². The van der Waals surface area contributed by atoms with Crippen LogP contribution in [0.1, 0.15) is 21.9 Å². The molecule has 2 fully saturated rings. The predicted molar refractivity (Wildman–Crippen MR) is 87.5 cm³/mol. The number of fused-ring (bicyclic) bond motifs is 1. The summed E-state index contributed by atoms with van der Waals surface area (Å²) in [5, 5.41) is 4.77. The molecule has 4 heterocycles. The number of ether oxygens (including phenoxy) is 1. The zero-order valence-electron chi connectivity index (χ0n) is 13.0. The molecule has 0 saturated carbocycles. The van der Waals surface area contributed by atoms with Crippen LogP contribution < -0.4 is 5.32 Å². The maximum Gasteiger partial charge on any atom is 0.264 e. The molecule has 6 nitrogen and oxygen atoms in total. The highest BCUT2D eigenvalue weighted by Crippen LogP contribution is 2.35. The number of carbonyl (C=O) groups is 2. The Labute approximate surface area is 143 Å². The summed E-state index contributed by atoms with van der Waals surface area (Å²) in [7, 11) is 0. The van der Waals surface area contributed by atoms with Crippen LogP contribution in [0.5, 0.6) is 0 Å². The number of furan rings is 1. The Hall–Kier alpha value is -2.12. The fourth-order valence-electron chi connectivity index (χ4n) is 3.49. The molecular formula is C17H18N2O4S. The molecule has 3 atom stereocenters. The smallest absolute Gasteiger partial charge is 0.264 e. The first-order chi connectivity index (χ1) is 11.7. The Balaban J connectivity index is 1.46. The molecule has 7 heteroatoms. The van der Waals surface area contributed by atoms with Crippen LogP contribution in [0, 0.1) is 5.92 Å². The van der Waals surface area contributed by atoms with Gasteiger partial charge in [0.2, 0.25) is 5.91 Å². The molecule has 2 aromatic heterocycles. The molecule has 0 bridgehead atoms. The van der Waals surface area contributed by atoms with E-state index in [1.165, 1.54) is 11.3 Å². The van der Waals surface area contributed by atoms with Gasteiger partial charge in [-0.15, -0.1) is 11.3 Å². The number of amides is 2. The van der Waals surface area contributed by atoms with Gasteiger partial charge < -0.3 is 19.4 Å². The second kappa shape index (κ2) is 6.41. The first kappa shape index (κ1) is 15.4. The topological polar surface area (TPSA) is 71.8 Å². The van der Waals surface area contributed by atoms with Crippen molar-refractivity contribution >= 4 is 23.2 Å². The molecule has 24 heavy (non-hydrogen) atoms. The summed E-state index contributed by atoms with van der Waals surface area (Å²) in [6.07, 6.45) is 2.14. The van der Waals surface area contributed by atoms with Crippen LogP contribution in [-0.2, 0) is 16.1 Å². The summed E-state index contributed by atoms with van der Waals surface area (Å²) >= 11 is 1.43. The molecule has 2 amide bonds. The van der Waals surface area contributed by atoms with Crippen molar-refractivity contribution < 1.29 is 18.7 Å². The standard InChI is InChI=1S/C17H18N2O4S/c20-16(18-9-11-3-1-6-22-11)12-10-19(13-5-7-23-15(12)13)17(21)14-4-2-8-24-14/h1-4,6,8,12-13,15H,5,7,9-10H2,(H,18,20)/t12-,13+,15-/m1/s1. The fourth-order valence-corrected chi connectivity index (χ4v) is 4.17. The van der Waals surface area contributed by atoms with Crippen molar-refractivity contribution in [1.82, 2.24) is 10.2 Å². The highest BCUT2D eigenvalue weighted by Gasteiger charge is 2.50. The second-order valence-electron chi connectivity index (χ2n) is 6.03. The van der Waals surface area contributed by atoms with Gasteiger partial charge in [-0.1, -0.05) is 6.07 Å². The summed E-state index contributed by atoms with van der Waals surface area (Å²) in [5.41, 5.74) is 0. The fraction of sp³-hybridized carbons (Fsp3) is 0.412. The van der Waals surface area contributed by atoms with Gasteiger partial charge in [0.25, 0.3) is 5.91 Å². The van der Waals surface area contributed by atoms with E-state index in [2.05, 4.69) is 5.32 Å². The normalized spacial score (nSPS) is 25.7. The molecule has 0 unspecified atom stereocenters. The first-order valence-corrected chi connectivity index (χ1v) is 8.88. The largest absolute Gasteiger partial charge is 0.467 e. The minimum absolute atomic E-state index is 0.00756. The molecule has 1 N–H and O–H groups in total. The van der Waals surface area contributed by atoms with E-state index in [1.807, 2.05) is 23.6 Å². The summed E-state index contributed by atoms with van der Waals surface area (Å²) in [4.78, 5) is 27.8. The molecule has 2 aliphatic rings. The Morgan fingerprint density at radius 2 is 2.25 bits per heavy atom. The van der Waals surface area contributed by atoms with Crippen LogP contribution in [0.3, 0.4) is 0 Å². The van der Waals surface area contributed by atoms with Crippen molar-refractivity contribution in [3.05, 3.63) is 46.5 Å². The first-order valence-electron chi connectivity index (χ1n) is 8.00. The minimum atomic E-state index is -0.337. The van der Waals surface area contributed by atoms with Crippen molar-refractivity contribution in [2.75, 3.05) is 13.2 Å². The van der Waals surface area contributed by atoms with Crippen LogP contribution in [0.4, 0.5) is 0 Å². The Morgan fingerprint density at radius 3 is 3.00 bits per heavy atom. The Morgan fingerprint density at radius 1 is 1.33 bits per heavy atom. The van der Waals surface area contributed by atoms with Crippen molar-refractivity contribution in [2.45, 2.75) is 25.1 Å². The third kappa shape index (κ3) is 2.74. The number of thiophene rings is 1. The third-order valence-electron chi connectivity index (χ3n) is 4.64. The molecule has 2 saturated heterocycles. The van der Waals surface area contributed by atoms with Crippen molar-refractivity contribution in [3.8, 4) is 0 Å². The van der Waals surface area contributed by atoms with Crippen LogP contribution in [-0.4, -0.2) is 42.0 Å². The number of nitrogens with zero attached hydrogens (tertiary/aromatic N) is 1. The average molecular weight is 346 g/mol. The van der Waals surface area contributed by atoms with Crippen LogP contribution in [0.15, 0.2) is 40.3 Å². The SMILES string of the molecule is O=C(NCc1ccco1)[C@@H]1CN(C(=O)c2cccs2)[C@H]2CCO[C@H]12. The Kier molecular flexibility index (Phi) is 4.12. The quantitative estimate of drug-likeness (QED) is 0.918. The minimum Gasteiger partial charge on any atom is -0.467 e. The maximum absolute atomic E-state index is 12.7. The second-order valence-corrected chi connectivity index (χ2v) is 6.98. The summed E-state index contributed by atoms with van der Waals surface area (Å²) < 4.78 is 11.0. The highest BCUT2D eigenvalue weighted by molar-refractivity contribution is 7.12. The molecule has 4 rings (SSSR count). The van der Waals surface area contributed by atoms with Gasteiger partial charge in [0.05, 0.1) is 35.7 Å². The molecule has 0 aromatic carbocycles. The van der Waals surface area contributed by atoms with E-state index < -0.39 is 0 Å². The van der Waals surface area contributed by atoms with Gasteiger partial charge in [-0.25, -0.2) is 0 Å². The lowest BCUT2D eigenvalue weighted by Gasteiger charge is -2.21. The molecule has 0 spiro atoms. The molecule has 0 aliphatic carbocycles. The highest BCUT2D eigenvalue weighted by atomic mass is 32.1. The molecule has 0 radical (unpaired) electrons. The molecular weight excluding hydrogens is 328 g/mol. The van der Waals surface area contributed by atoms with Crippen molar-refractivity contribution in [3.63, 3.8) is 0 Å². The van der Waals surface area contributed by atoms with Crippen molar-refractivity contribution in [1.29, 1.82) is 0 Å². The van der Waals surface area contributed by atoms with Crippen LogP contribution in [0.2, 0.25) is 0 Å². The van der Waals surface area contributed by atoms with E-state index in [0.717, 1.165) is 6.42 Å². The molecule has 2 aliphatic heterocycles.